The van der Waals surface area contributed by atoms with Gasteiger partial charge in [0.25, 0.3) is 5.91 Å². The monoisotopic (exact) mass is 211 g/mol. The molecule has 0 unspecified atom stereocenters. The van der Waals surface area contributed by atoms with Crippen molar-refractivity contribution in [2.75, 3.05) is 4.90 Å². The number of allylic oxidation sites excluding steroid dienone is 4. The molecule has 1 amide bonds. The average molecular weight is 211 g/mol. The lowest BCUT2D eigenvalue weighted by atomic mass is 10.2. The van der Waals surface area contributed by atoms with Crippen LogP contribution in [0.4, 0.5) is 5.69 Å². The molecule has 2 nitrogen and oxygen atoms in total. The molecular formula is C14H13NO. The first-order valence-corrected chi connectivity index (χ1v) is 5.19. The normalized spacial score (nSPS) is 21.1. The van der Waals surface area contributed by atoms with Crippen molar-refractivity contribution in [2.24, 2.45) is 0 Å². The maximum Gasteiger partial charge on any atom is 0.255 e. The number of aryl methyl sites for hydroxylation is 1. The molecule has 1 aliphatic heterocycles. The van der Waals surface area contributed by atoms with Gasteiger partial charge in [-0.1, -0.05) is 35.9 Å². The summed E-state index contributed by atoms with van der Waals surface area (Å²) in [6, 6.07) is 7.87. The molecule has 0 spiro atoms. The van der Waals surface area contributed by atoms with E-state index in [1.165, 1.54) is 5.56 Å². The Morgan fingerprint density at radius 2 is 1.62 bits per heavy atom. The van der Waals surface area contributed by atoms with Gasteiger partial charge in [-0.3, -0.25) is 9.69 Å². The highest BCUT2D eigenvalue weighted by molar-refractivity contribution is 6.03. The second kappa shape index (κ2) is 4.62. The number of hydrogen-bond acceptors (Lipinski definition) is 1. The van der Waals surface area contributed by atoms with Crippen molar-refractivity contribution in [1.29, 1.82) is 0 Å². The lowest BCUT2D eigenvalue weighted by Crippen LogP contribution is -2.23. The predicted molar refractivity (Wildman–Crippen MR) is 66.1 cm³/mol. The number of carbonyl (C=O) groups excluding carboxylic acids is 1. The van der Waals surface area contributed by atoms with E-state index in [2.05, 4.69) is 0 Å². The van der Waals surface area contributed by atoms with Gasteiger partial charge in [-0.2, -0.15) is 0 Å². The molecule has 0 atom stereocenters. The third-order valence-corrected chi connectivity index (χ3v) is 2.36. The lowest BCUT2D eigenvalue weighted by Gasteiger charge is -2.17. The molecule has 1 aromatic carbocycles. The molecule has 0 aliphatic carbocycles. The van der Waals surface area contributed by atoms with Crippen molar-refractivity contribution < 1.29 is 4.79 Å². The molecule has 1 aliphatic rings. The second-order valence-electron chi connectivity index (χ2n) is 3.63. The number of nitrogens with zero attached hydrogens (tertiary/aromatic N) is 1. The summed E-state index contributed by atoms with van der Waals surface area (Å²) < 4.78 is 0. The summed E-state index contributed by atoms with van der Waals surface area (Å²) in [5.41, 5.74) is 2.06. The topological polar surface area (TPSA) is 20.3 Å². The lowest BCUT2D eigenvalue weighted by molar-refractivity contribution is -0.113. The van der Waals surface area contributed by atoms with Crippen LogP contribution < -0.4 is 4.90 Å². The zero-order valence-electron chi connectivity index (χ0n) is 9.13. The number of rotatable bonds is 1. The zero-order chi connectivity index (χ0) is 11.4. The van der Waals surface area contributed by atoms with Crippen LogP contribution in [-0.2, 0) is 4.79 Å². The molecule has 0 saturated carbocycles. The number of amides is 1. The van der Waals surface area contributed by atoms with Crippen molar-refractivity contribution in [3.63, 3.8) is 0 Å². The molecule has 0 fully saturated rings. The largest absolute Gasteiger partial charge is 0.284 e. The van der Waals surface area contributed by atoms with Gasteiger partial charge in [0.1, 0.15) is 0 Å². The fraction of sp³-hybridized carbons (Fsp3) is 0.0714. The minimum Gasteiger partial charge on any atom is -0.284 e. The van der Waals surface area contributed by atoms with E-state index in [0.717, 1.165) is 5.69 Å². The average Bonchev–Trinajstić information content (AvgIpc) is 2.26. The van der Waals surface area contributed by atoms with Gasteiger partial charge in [0.2, 0.25) is 0 Å². The summed E-state index contributed by atoms with van der Waals surface area (Å²) in [4.78, 5) is 13.4. The minimum absolute atomic E-state index is 0.0375. The third kappa shape index (κ3) is 2.28. The Balaban J connectivity index is 2.35. The summed E-state index contributed by atoms with van der Waals surface area (Å²) in [6.45, 7) is 2.03. The van der Waals surface area contributed by atoms with Crippen LogP contribution in [-0.4, -0.2) is 5.91 Å². The van der Waals surface area contributed by atoms with Crippen molar-refractivity contribution in [3.8, 4) is 0 Å². The highest BCUT2D eigenvalue weighted by Crippen LogP contribution is 2.16. The molecule has 0 N–H and O–H groups in total. The van der Waals surface area contributed by atoms with Crippen LogP contribution in [0.1, 0.15) is 5.56 Å². The molecular weight excluding hydrogens is 198 g/mol. The van der Waals surface area contributed by atoms with Crippen molar-refractivity contribution in [1.82, 2.24) is 0 Å². The maximum absolute atomic E-state index is 11.8. The Bertz CT molecular complexity index is 466. The highest BCUT2D eigenvalue weighted by Gasteiger charge is 2.09. The van der Waals surface area contributed by atoms with Crippen LogP contribution in [0, 0.1) is 6.92 Å². The Hall–Kier alpha value is -2.09. The van der Waals surface area contributed by atoms with Gasteiger partial charge in [0, 0.05) is 18.0 Å². The molecule has 2 rings (SSSR count). The fourth-order valence-electron chi connectivity index (χ4n) is 1.47. The van der Waals surface area contributed by atoms with Crippen molar-refractivity contribution >= 4 is 11.6 Å². The van der Waals surface area contributed by atoms with Gasteiger partial charge in [-0.15, -0.1) is 0 Å². The molecule has 0 aromatic heterocycles. The number of hydrogen-bond donors (Lipinski definition) is 0. The van der Waals surface area contributed by atoms with Gasteiger partial charge < -0.3 is 0 Å². The second-order valence-corrected chi connectivity index (χ2v) is 3.63. The Morgan fingerprint density at radius 3 is 2.38 bits per heavy atom. The van der Waals surface area contributed by atoms with E-state index in [-0.39, 0.29) is 5.91 Å². The Morgan fingerprint density at radius 1 is 0.938 bits per heavy atom. The van der Waals surface area contributed by atoms with Crippen LogP contribution in [0.15, 0.2) is 60.8 Å². The van der Waals surface area contributed by atoms with E-state index in [1.807, 2.05) is 49.4 Å². The first-order valence-electron chi connectivity index (χ1n) is 5.19. The molecule has 2 heteroatoms. The number of anilines is 1. The molecule has 0 saturated heterocycles. The fourth-order valence-corrected chi connectivity index (χ4v) is 1.47. The van der Waals surface area contributed by atoms with Gasteiger partial charge in [0.05, 0.1) is 0 Å². The first-order chi connectivity index (χ1) is 7.77. The smallest absolute Gasteiger partial charge is 0.255 e. The molecule has 0 bridgehead atoms. The van der Waals surface area contributed by atoms with Crippen molar-refractivity contribution in [3.05, 3.63) is 66.4 Å². The SMILES string of the molecule is Cc1ccc(N2\C=C/C=C\C=C\C2=O)cc1. The van der Waals surface area contributed by atoms with E-state index in [9.17, 15) is 4.79 Å². The van der Waals surface area contributed by atoms with Crippen LogP contribution in [0.3, 0.4) is 0 Å². The van der Waals surface area contributed by atoms with Gasteiger partial charge in [-0.05, 0) is 25.1 Å². The Kier molecular flexibility index (Phi) is 3.01. The first kappa shape index (κ1) is 10.4. The van der Waals surface area contributed by atoms with Gasteiger partial charge >= 0.3 is 0 Å². The predicted octanol–water partition coefficient (Wildman–Crippen LogP) is 2.97. The number of benzene rings is 1. The summed E-state index contributed by atoms with van der Waals surface area (Å²) >= 11 is 0. The molecule has 0 radical (unpaired) electrons. The van der Waals surface area contributed by atoms with Crippen LogP contribution >= 0.6 is 0 Å². The highest BCUT2D eigenvalue weighted by atomic mass is 16.2. The summed E-state index contributed by atoms with van der Waals surface area (Å²) in [7, 11) is 0. The van der Waals surface area contributed by atoms with E-state index >= 15 is 0 Å². The van der Waals surface area contributed by atoms with Crippen LogP contribution in [0.2, 0.25) is 0 Å². The number of carbonyl (C=O) groups is 1. The van der Waals surface area contributed by atoms with Crippen LogP contribution in [0.25, 0.3) is 0 Å². The van der Waals surface area contributed by atoms with Gasteiger partial charge in [0.15, 0.2) is 0 Å². The summed E-state index contributed by atoms with van der Waals surface area (Å²) in [5.74, 6) is -0.0375. The van der Waals surface area contributed by atoms with Crippen LogP contribution in [0.5, 0.6) is 0 Å². The van der Waals surface area contributed by atoms with E-state index < -0.39 is 0 Å². The van der Waals surface area contributed by atoms with Crippen molar-refractivity contribution in [2.45, 2.75) is 6.92 Å². The summed E-state index contributed by atoms with van der Waals surface area (Å²) in [5, 5.41) is 0. The molecule has 80 valence electrons. The van der Waals surface area contributed by atoms with Gasteiger partial charge in [-0.25, -0.2) is 0 Å². The molecule has 1 aromatic rings. The third-order valence-electron chi connectivity index (χ3n) is 2.36. The quantitative estimate of drug-likeness (QED) is 0.699. The zero-order valence-corrected chi connectivity index (χ0v) is 9.13. The molecule has 16 heavy (non-hydrogen) atoms. The summed E-state index contributed by atoms with van der Waals surface area (Å²) in [6.07, 6.45) is 10.6. The van der Waals surface area contributed by atoms with E-state index in [0.29, 0.717) is 0 Å². The Labute approximate surface area is 95.2 Å². The van der Waals surface area contributed by atoms with E-state index in [4.69, 9.17) is 0 Å². The van der Waals surface area contributed by atoms with E-state index in [1.54, 1.807) is 23.3 Å². The maximum atomic E-state index is 11.8. The molecule has 1 heterocycles. The standard InChI is InChI=1S/C14H13NO/c1-12-7-9-13(10-8-12)15-11-5-3-2-4-6-14(15)16/h2-11H,1H3/b3-2-,6-4+,11-5-. The minimum atomic E-state index is -0.0375.